The molecule has 0 amide bonds. The number of rotatable bonds is 6. The lowest BCUT2D eigenvalue weighted by Crippen LogP contribution is -2.43. The van der Waals surface area contributed by atoms with Gasteiger partial charge in [0.05, 0.1) is 0 Å². The smallest absolute Gasteiger partial charge is 0.422 e. The summed E-state index contributed by atoms with van der Waals surface area (Å²) in [4.78, 5) is 4.14. The second-order valence-corrected chi connectivity index (χ2v) is 5.65. The summed E-state index contributed by atoms with van der Waals surface area (Å²) in [6.45, 7) is 5.54. The minimum atomic E-state index is -4.33. The number of ether oxygens (including phenoxy) is 1. The van der Waals surface area contributed by atoms with Crippen molar-refractivity contribution in [3.63, 3.8) is 0 Å². The van der Waals surface area contributed by atoms with E-state index in [4.69, 9.17) is 0 Å². The van der Waals surface area contributed by atoms with Crippen LogP contribution < -0.4 is 15.4 Å². The predicted molar refractivity (Wildman–Crippen MR) is 85.6 cm³/mol. The minimum Gasteiger partial charge on any atom is -0.484 e. The highest BCUT2D eigenvalue weighted by Gasteiger charge is 2.28. The zero-order valence-corrected chi connectivity index (χ0v) is 13.9. The van der Waals surface area contributed by atoms with Crippen molar-refractivity contribution >= 4 is 5.96 Å². The molecule has 0 aromatic heterocycles. The average Bonchev–Trinajstić information content (AvgIpc) is 2.49. The van der Waals surface area contributed by atoms with E-state index in [1.807, 2.05) is 0 Å². The number of hydrogen-bond acceptors (Lipinski definition) is 2. The molecule has 0 aliphatic rings. The summed E-state index contributed by atoms with van der Waals surface area (Å²) in [5, 5.41) is 6.44. The average molecular weight is 331 g/mol. The number of benzene rings is 1. The summed E-state index contributed by atoms with van der Waals surface area (Å²) in [5.41, 5.74) is 0.921. The van der Waals surface area contributed by atoms with Crippen molar-refractivity contribution in [2.24, 2.45) is 10.9 Å². The molecule has 0 radical (unpaired) electrons. The van der Waals surface area contributed by atoms with Gasteiger partial charge in [0.1, 0.15) is 5.75 Å². The van der Waals surface area contributed by atoms with E-state index in [-0.39, 0.29) is 11.8 Å². The molecule has 0 saturated carbocycles. The largest absolute Gasteiger partial charge is 0.484 e. The topological polar surface area (TPSA) is 45.7 Å². The summed E-state index contributed by atoms with van der Waals surface area (Å²) < 4.78 is 40.9. The van der Waals surface area contributed by atoms with Crippen LogP contribution in [0.25, 0.3) is 0 Å². The molecule has 23 heavy (non-hydrogen) atoms. The van der Waals surface area contributed by atoms with Crippen LogP contribution >= 0.6 is 0 Å². The molecule has 2 N–H and O–H groups in total. The quantitative estimate of drug-likeness (QED) is 0.621. The first kappa shape index (κ1) is 19.1. The van der Waals surface area contributed by atoms with E-state index in [2.05, 4.69) is 41.1 Å². The molecule has 0 bridgehead atoms. The molecule has 0 spiro atoms. The molecule has 4 nitrogen and oxygen atoms in total. The lowest BCUT2D eigenvalue weighted by atomic mass is 10.1. The van der Waals surface area contributed by atoms with E-state index in [9.17, 15) is 13.2 Å². The number of aliphatic imine (C=N–C) groups is 1. The first-order valence-electron chi connectivity index (χ1n) is 7.47. The van der Waals surface area contributed by atoms with E-state index >= 15 is 0 Å². The monoisotopic (exact) mass is 331 g/mol. The highest BCUT2D eigenvalue weighted by Crippen LogP contribution is 2.18. The second kappa shape index (κ2) is 8.64. The minimum absolute atomic E-state index is 0.196. The Hall–Kier alpha value is -1.92. The van der Waals surface area contributed by atoms with Gasteiger partial charge in [0.25, 0.3) is 0 Å². The number of guanidine groups is 1. The highest BCUT2D eigenvalue weighted by atomic mass is 19.4. The van der Waals surface area contributed by atoms with Gasteiger partial charge in [0.15, 0.2) is 12.6 Å². The van der Waals surface area contributed by atoms with Crippen molar-refractivity contribution < 1.29 is 17.9 Å². The molecule has 1 unspecified atom stereocenters. The van der Waals surface area contributed by atoms with Crippen molar-refractivity contribution in [1.29, 1.82) is 0 Å². The van der Waals surface area contributed by atoms with Crippen LogP contribution in [0.2, 0.25) is 0 Å². The summed E-state index contributed by atoms with van der Waals surface area (Å²) in [5.74, 6) is 1.35. The van der Waals surface area contributed by atoms with Crippen LogP contribution in [0.4, 0.5) is 13.2 Å². The first-order chi connectivity index (χ1) is 10.7. The SMILES string of the molecule is CN=C(NCc1ccc(OCC(F)(F)F)cc1)NC(C)C(C)C. The standard InChI is InChI=1S/C16H24F3N3O/c1-11(2)12(3)22-15(20-4)21-9-13-5-7-14(8-6-13)23-10-16(17,18)19/h5-8,11-12H,9-10H2,1-4H3,(H2,20,21,22). The Labute approximate surface area is 135 Å². The van der Waals surface area contributed by atoms with Crippen molar-refractivity contribution in [3.8, 4) is 5.75 Å². The summed E-state index contributed by atoms with van der Waals surface area (Å²) in [7, 11) is 1.69. The molecule has 0 aliphatic heterocycles. The van der Waals surface area contributed by atoms with Crippen LogP contribution in [-0.4, -0.2) is 31.8 Å². The maximum absolute atomic E-state index is 12.1. The third kappa shape index (κ3) is 7.76. The fourth-order valence-corrected chi connectivity index (χ4v) is 1.63. The highest BCUT2D eigenvalue weighted by molar-refractivity contribution is 5.79. The lowest BCUT2D eigenvalue weighted by molar-refractivity contribution is -0.153. The number of nitrogens with zero attached hydrogens (tertiary/aromatic N) is 1. The summed E-state index contributed by atoms with van der Waals surface area (Å²) >= 11 is 0. The summed E-state index contributed by atoms with van der Waals surface area (Å²) in [6.07, 6.45) is -4.33. The van der Waals surface area contributed by atoms with Gasteiger partial charge in [-0.05, 0) is 30.5 Å². The van der Waals surface area contributed by atoms with Gasteiger partial charge in [-0.1, -0.05) is 26.0 Å². The number of nitrogens with one attached hydrogen (secondary N) is 2. The molecule has 7 heteroatoms. The Morgan fingerprint density at radius 1 is 1.17 bits per heavy atom. The zero-order valence-electron chi connectivity index (χ0n) is 13.9. The maximum atomic E-state index is 12.1. The van der Waals surface area contributed by atoms with Gasteiger partial charge in [0.2, 0.25) is 0 Å². The zero-order chi connectivity index (χ0) is 17.5. The van der Waals surface area contributed by atoms with E-state index in [0.717, 1.165) is 5.56 Å². The van der Waals surface area contributed by atoms with Crippen LogP contribution in [-0.2, 0) is 6.54 Å². The number of alkyl halides is 3. The molecule has 0 fully saturated rings. The lowest BCUT2D eigenvalue weighted by Gasteiger charge is -2.20. The van der Waals surface area contributed by atoms with Crippen LogP contribution in [0.1, 0.15) is 26.3 Å². The Morgan fingerprint density at radius 3 is 2.26 bits per heavy atom. The van der Waals surface area contributed by atoms with Crippen molar-refractivity contribution in [3.05, 3.63) is 29.8 Å². The third-order valence-electron chi connectivity index (χ3n) is 3.37. The molecule has 1 rings (SSSR count). The Bertz CT molecular complexity index is 498. The van der Waals surface area contributed by atoms with Crippen LogP contribution in [0.15, 0.2) is 29.3 Å². The van der Waals surface area contributed by atoms with Gasteiger partial charge in [0, 0.05) is 19.6 Å². The molecule has 130 valence electrons. The fourth-order valence-electron chi connectivity index (χ4n) is 1.63. The van der Waals surface area contributed by atoms with Crippen molar-refractivity contribution in [2.45, 2.75) is 39.5 Å². The maximum Gasteiger partial charge on any atom is 0.422 e. The van der Waals surface area contributed by atoms with Gasteiger partial charge < -0.3 is 15.4 Å². The predicted octanol–water partition coefficient (Wildman–Crippen LogP) is 3.34. The molecule has 1 atom stereocenters. The molecule has 0 aliphatic carbocycles. The van der Waals surface area contributed by atoms with Crippen LogP contribution in [0.5, 0.6) is 5.75 Å². The molecule has 0 heterocycles. The van der Waals surface area contributed by atoms with E-state index in [1.165, 1.54) is 12.1 Å². The first-order valence-corrected chi connectivity index (χ1v) is 7.47. The second-order valence-electron chi connectivity index (χ2n) is 5.65. The van der Waals surface area contributed by atoms with Crippen LogP contribution in [0.3, 0.4) is 0 Å². The van der Waals surface area contributed by atoms with Gasteiger partial charge in [-0.2, -0.15) is 13.2 Å². The molecule has 0 saturated heterocycles. The third-order valence-corrected chi connectivity index (χ3v) is 3.37. The van der Waals surface area contributed by atoms with E-state index in [1.54, 1.807) is 19.2 Å². The Balaban J connectivity index is 2.48. The normalized spacial score (nSPS) is 13.8. The van der Waals surface area contributed by atoms with Gasteiger partial charge in [-0.3, -0.25) is 4.99 Å². The Morgan fingerprint density at radius 2 is 1.78 bits per heavy atom. The van der Waals surface area contributed by atoms with E-state index in [0.29, 0.717) is 18.4 Å². The van der Waals surface area contributed by atoms with Crippen molar-refractivity contribution in [1.82, 2.24) is 10.6 Å². The molecule has 1 aromatic carbocycles. The Kier molecular flexibility index (Phi) is 7.19. The molecular weight excluding hydrogens is 307 g/mol. The van der Waals surface area contributed by atoms with Crippen LogP contribution in [0, 0.1) is 5.92 Å². The number of hydrogen-bond donors (Lipinski definition) is 2. The summed E-state index contributed by atoms with van der Waals surface area (Å²) in [6, 6.07) is 6.76. The van der Waals surface area contributed by atoms with Gasteiger partial charge in [-0.15, -0.1) is 0 Å². The fraction of sp³-hybridized carbons (Fsp3) is 0.562. The van der Waals surface area contributed by atoms with Crippen molar-refractivity contribution in [2.75, 3.05) is 13.7 Å². The van der Waals surface area contributed by atoms with Gasteiger partial charge in [-0.25, -0.2) is 0 Å². The van der Waals surface area contributed by atoms with Gasteiger partial charge >= 0.3 is 6.18 Å². The van der Waals surface area contributed by atoms with E-state index < -0.39 is 12.8 Å². The number of halogens is 3. The molecule has 1 aromatic rings. The molecular formula is C16H24F3N3O.